The number of hydrogen-bond donors (Lipinski definition) is 1. The van der Waals surface area contributed by atoms with Crippen LogP contribution in [0.25, 0.3) is 0 Å². The molecule has 0 atom stereocenters. The number of aryl methyl sites for hydroxylation is 1. The lowest BCUT2D eigenvalue weighted by Crippen LogP contribution is -2.37. The second-order valence-electron chi connectivity index (χ2n) is 6.49. The van der Waals surface area contributed by atoms with Crippen molar-refractivity contribution in [3.05, 3.63) is 70.2 Å². The maximum atomic E-state index is 12.3. The summed E-state index contributed by atoms with van der Waals surface area (Å²) in [5.41, 5.74) is 3.46. The van der Waals surface area contributed by atoms with Gasteiger partial charge in [-0.05, 0) is 37.0 Å². The first kappa shape index (κ1) is 17.0. The molecule has 1 fully saturated rings. The van der Waals surface area contributed by atoms with E-state index in [1.807, 2.05) is 24.3 Å². The molecule has 0 bridgehead atoms. The fraction of sp³-hybridized carbons (Fsp3) is 0.350. The first-order valence-corrected chi connectivity index (χ1v) is 8.79. The highest BCUT2D eigenvalue weighted by Crippen LogP contribution is 2.28. The van der Waals surface area contributed by atoms with Gasteiger partial charge in [0.2, 0.25) is 5.91 Å². The fourth-order valence-corrected chi connectivity index (χ4v) is 2.96. The SMILES string of the molecule is Cc1ccc(CN(CC(=O)NCc2ccccc2Cl)C2CC2)cc1. The van der Waals surface area contributed by atoms with E-state index in [1.54, 1.807) is 0 Å². The van der Waals surface area contributed by atoms with Gasteiger partial charge in [0, 0.05) is 24.2 Å². The van der Waals surface area contributed by atoms with Crippen LogP contribution in [-0.2, 0) is 17.9 Å². The van der Waals surface area contributed by atoms with Crippen LogP contribution in [0, 0.1) is 6.92 Å². The van der Waals surface area contributed by atoms with E-state index in [9.17, 15) is 4.79 Å². The normalized spacial score (nSPS) is 14.0. The molecule has 0 radical (unpaired) electrons. The van der Waals surface area contributed by atoms with Crippen LogP contribution in [0.5, 0.6) is 0 Å². The number of benzene rings is 2. The summed E-state index contributed by atoms with van der Waals surface area (Å²) < 4.78 is 0. The van der Waals surface area contributed by atoms with Crippen LogP contribution in [0.2, 0.25) is 5.02 Å². The molecule has 1 saturated carbocycles. The average Bonchev–Trinajstić information content (AvgIpc) is 3.40. The molecular weight excluding hydrogens is 320 g/mol. The Morgan fingerprint density at radius 1 is 1.17 bits per heavy atom. The van der Waals surface area contributed by atoms with E-state index in [0.717, 1.165) is 12.1 Å². The van der Waals surface area contributed by atoms with E-state index >= 15 is 0 Å². The third kappa shape index (κ3) is 4.83. The fourth-order valence-electron chi connectivity index (χ4n) is 2.76. The zero-order valence-corrected chi connectivity index (χ0v) is 14.7. The number of hydrogen-bond acceptors (Lipinski definition) is 2. The number of carbonyl (C=O) groups is 1. The highest BCUT2D eigenvalue weighted by molar-refractivity contribution is 6.31. The van der Waals surface area contributed by atoms with Gasteiger partial charge in [0.15, 0.2) is 0 Å². The van der Waals surface area contributed by atoms with Crippen molar-refractivity contribution in [3.8, 4) is 0 Å². The van der Waals surface area contributed by atoms with E-state index in [1.165, 1.54) is 24.0 Å². The van der Waals surface area contributed by atoms with Gasteiger partial charge in [-0.25, -0.2) is 0 Å². The maximum Gasteiger partial charge on any atom is 0.234 e. The van der Waals surface area contributed by atoms with Crippen molar-refractivity contribution >= 4 is 17.5 Å². The van der Waals surface area contributed by atoms with E-state index in [0.29, 0.717) is 24.2 Å². The zero-order chi connectivity index (χ0) is 16.9. The summed E-state index contributed by atoms with van der Waals surface area (Å²) in [6.45, 7) is 3.82. The number of rotatable bonds is 7. The van der Waals surface area contributed by atoms with Crippen molar-refractivity contribution in [2.45, 2.75) is 38.9 Å². The van der Waals surface area contributed by atoms with Crippen molar-refractivity contribution < 1.29 is 4.79 Å². The molecule has 0 aromatic heterocycles. The Morgan fingerprint density at radius 2 is 1.88 bits per heavy atom. The molecular formula is C20H23ClN2O. The van der Waals surface area contributed by atoms with Crippen molar-refractivity contribution in [3.63, 3.8) is 0 Å². The van der Waals surface area contributed by atoms with Gasteiger partial charge >= 0.3 is 0 Å². The summed E-state index contributed by atoms with van der Waals surface area (Å²) in [7, 11) is 0. The molecule has 0 spiro atoms. The van der Waals surface area contributed by atoms with Crippen LogP contribution in [0.4, 0.5) is 0 Å². The van der Waals surface area contributed by atoms with Gasteiger partial charge in [0.05, 0.1) is 6.54 Å². The molecule has 1 aliphatic carbocycles. The van der Waals surface area contributed by atoms with E-state index < -0.39 is 0 Å². The summed E-state index contributed by atoms with van der Waals surface area (Å²) in [6, 6.07) is 16.7. The van der Waals surface area contributed by atoms with E-state index in [-0.39, 0.29) is 5.91 Å². The Balaban J connectivity index is 1.54. The summed E-state index contributed by atoms with van der Waals surface area (Å²) in [5.74, 6) is 0.0499. The summed E-state index contributed by atoms with van der Waals surface area (Å²) in [4.78, 5) is 14.6. The average molecular weight is 343 g/mol. The molecule has 0 heterocycles. The van der Waals surface area contributed by atoms with E-state index in [4.69, 9.17) is 11.6 Å². The van der Waals surface area contributed by atoms with E-state index in [2.05, 4.69) is 41.4 Å². The van der Waals surface area contributed by atoms with Crippen molar-refractivity contribution in [2.75, 3.05) is 6.54 Å². The molecule has 0 saturated heterocycles. The molecule has 4 heteroatoms. The molecule has 3 nitrogen and oxygen atoms in total. The van der Waals surface area contributed by atoms with Gasteiger partial charge in [-0.2, -0.15) is 0 Å². The number of nitrogens with one attached hydrogen (secondary N) is 1. The molecule has 126 valence electrons. The summed E-state index contributed by atoms with van der Waals surface area (Å²) in [6.07, 6.45) is 2.37. The Bertz CT molecular complexity index is 695. The Morgan fingerprint density at radius 3 is 2.54 bits per heavy atom. The second-order valence-corrected chi connectivity index (χ2v) is 6.90. The summed E-state index contributed by atoms with van der Waals surface area (Å²) in [5, 5.41) is 3.67. The van der Waals surface area contributed by atoms with Gasteiger partial charge in [0.25, 0.3) is 0 Å². The minimum Gasteiger partial charge on any atom is -0.351 e. The number of amides is 1. The number of halogens is 1. The maximum absolute atomic E-state index is 12.3. The first-order valence-electron chi connectivity index (χ1n) is 8.41. The molecule has 2 aromatic rings. The standard InChI is InChI=1S/C20H23ClN2O/c1-15-6-8-16(9-7-15)13-23(18-10-11-18)14-20(24)22-12-17-4-2-3-5-19(17)21/h2-9,18H,10-14H2,1H3,(H,22,24). The Labute approximate surface area is 148 Å². The van der Waals surface area contributed by atoms with Crippen LogP contribution in [0.1, 0.15) is 29.5 Å². The quantitative estimate of drug-likeness (QED) is 0.826. The Hall–Kier alpha value is -1.84. The van der Waals surface area contributed by atoms with Gasteiger partial charge in [0.1, 0.15) is 0 Å². The lowest BCUT2D eigenvalue weighted by Gasteiger charge is -2.21. The zero-order valence-electron chi connectivity index (χ0n) is 14.0. The van der Waals surface area contributed by atoms with Crippen LogP contribution in [0.15, 0.2) is 48.5 Å². The minimum absolute atomic E-state index is 0.0499. The molecule has 1 N–H and O–H groups in total. The predicted molar refractivity (Wildman–Crippen MR) is 97.9 cm³/mol. The smallest absolute Gasteiger partial charge is 0.234 e. The molecule has 2 aromatic carbocycles. The first-order chi connectivity index (χ1) is 11.6. The molecule has 24 heavy (non-hydrogen) atoms. The number of carbonyl (C=O) groups excluding carboxylic acids is 1. The van der Waals surface area contributed by atoms with Crippen LogP contribution in [0.3, 0.4) is 0 Å². The highest BCUT2D eigenvalue weighted by atomic mass is 35.5. The molecule has 1 aliphatic rings. The van der Waals surface area contributed by atoms with Gasteiger partial charge in [-0.1, -0.05) is 59.6 Å². The summed E-state index contributed by atoms with van der Waals surface area (Å²) >= 11 is 6.13. The van der Waals surface area contributed by atoms with Gasteiger partial charge in [-0.15, -0.1) is 0 Å². The van der Waals surface area contributed by atoms with Crippen molar-refractivity contribution in [1.82, 2.24) is 10.2 Å². The largest absolute Gasteiger partial charge is 0.351 e. The second kappa shape index (κ2) is 7.82. The molecule has 0 aliphatic heterocycles. The molecule has 0 unspecified atom stereocenters. The van der Waals surface area contributed by atoms with Gasteiger partial charge < -0.3 is 5.32 Å². The molecule has 3 rings (SSSR count). The third-order valence-corrected chi connectivity index (χ3v) is 4.72. The van der Waals surface area contributed by atoms with Crippen molar-refractivity contribution in [1.29, 1.82) is 0 Å². The minimum atomic E-state index is 0.0499. The topological polar surface area (TPSA) is 32.3 Å². The molecule has 1 amide bonds. The predicted octanol–water partition coefficient (Wildman–Crippen LogP) is 3.93. The Kier molecular flexibility index (Phi) is 5.54. The van der Waals surface area contributed by atoms with Crippen LogP contribution < -0.4 is 5.32 Å². The lowest BCUT2D eigenvalue weighted by atomic mass is 10.1. The van der Waals surface area contributed by atoms with Crippen LogP contribution >= 0.6 is 11.6 Å². The van der Waals surface area contributed by atoms with Crippen molar-refractivity contribution in [2.24, 2.45) is 0 Å². The number of nitrogens with zero attached hydrogens (tertiary/aromatic N) is 1. The third-order valence-electron chi connectivity index (χ3n) is 4.35. The highest BCUT2D eigenvalue weighted by Gasteiger charge is 2.30. The monoisotopic (exact) mass is 342 g/mol. The lowest BCUT2D eigenvalue weighted by molar-refractivity contribution is -0.122. The van der Waals surface area contributed by atoms with Crippen LogP contribution in [-0.4, -0.2) is 23.4 Å². The van der Waals surface area contributed by atoms with Gasteiger partial charge in [-0.3, -0.25) is 9.69 Å².